The molecule has 0 radical (unpaired) electrons. The number of fused-ring (bicyclic) bond motifs is 2. The van der Waals surface area contributed by atoms with Crippen LogP contribution in [0, 0.1) is 0 Å². The molecule has 126 valence electrons. The minimum Gasteiger partial charge on any atom is -0.249 e. The van der Waals surface area contributed by atoms with Crippen molar-refractivity contribution in [3.63, 3.8) is 0 Å². The molecule has 0 saturated carbocycles. The van der Waals surface area contributed by atoms with Gasteiger partial charge in [-0.1, -0.05) is 24.3 Å². The second-order valence-electron chi connectivity index (χ2n) is 5.71. The van der Waals surface area contributed by atoms with Crippen LogP contribution in [0.1, 0.15) is 0 Å². The maximum Gasteiger partial charge on any atom is 0.183 e. The molecule has 1 heterocycles. The fourth-order valence-corrected chi connectivity index (χ4v) is 7.71. The van der Waals surface area contributed by atoms with Gasteiger partial charge in [-0.15, -0.1) is 0 Å². The first-order chi connectivity index (χ1) is 12.0. The molecule has 0 bridgehead atoms. The van der Waals surface area contributed by atoms with E-state index in [-0.39, 0.29) is 0 Å². The van der Waals surface area contributed by atoms with E-state index in [1.807, 2.05) is 60.7 Å². The lowest BCUT2D eigenvalue weighted by atomic mass is 10.3. The molecule has 3 nitrogen and oxygen atoms in total. The maximum absolute atomic E-state index is 12.9. The average Bonchev–Trinajstić information content (AvgIpc) is 2.62. The number of hydrogen-bond acceptors (Lipinski definition) is 3. The lowest BCUT2D eigenvalue weighted by Crippen LogP contribution is -2.16. The van der Waals surface area contributed by atoms with Gasteiger partial charge in [0, 0.05) is 6.26 Å². The molecule has 0 atom stereocenters. The average molecular weight is 388 g/mol. The van der Waals surface area contributed by atoms with E-state index in [0.29, 0.717) is 4.90 Å². The Labute approximate surface area is 152 Å². The quantitative estimate of drug-likeness (QED) is 0.493. The zero-order chi connectivity index (χ0) is 17.6. The van der Waals surface area contributed by atoms with Gasteiger partial charge in [-0.2, -0.15) is 0 Å². The summed E-state index contributed by atoms with van der Waals surface area (Å²) >= 11 is 0. The normalized spacial score (nSPS) is 19.1. The molecule has 0 saturated heterocycles. The first kappa shape index (κ1) is 16.6. The maximum atomic E-state index is 12.9. The summed E-state index contributed by atoms with van der Waals surface area (Å²) in [5, 5.41) is 0. The summed E-state index contributed by atoms with van der Waals surface area (Å²) in [6.07, 6.45) is 1.21. The summed E-state index contributed by atoms with van der Waals surface area (Å²) in [7, 11) is -4.82. The van der Waals surface area contributed by atoms with Crippen LogP contribution in [0.5, 0.6) is 0 Å². The Balaban J connectivity index is 1.93. The van der Waals surface area contributed by atoms with Crippen LogP contribution in [0.4, 0.5) is 0 Å². The van der Waals surface area contributed by atoms with Crippen molar-refractivity contribution in [3.05, 3.63) is 72.8 Å². The molecule has 1 aliphatic heterocycles. The predicted octanol–water partition coefficient (Wildman–Crippen LogP) is 3.67. The minimum absolute atomic E-state index is 0.307. The first-order valence-electron chi connectivity index (χ1n) is 7.61. The third-order valence-corrected chi connectivity index (χ3v) is 9.26. The fourth-order valence-electron chi connectivity index (χ4n) is 2.86. The van der Waals surface area contributed by atoms with Crippen LogP contribution in [-0.4, -0.2) is 18.9 Å². The molecule has 1 aliphatic rings. The number of hydrogen-bond donors (Lipinski definition) is 0. The standard InChI is InChI=1S/C19H15O3S3/c1-25(21,22)15-12-10-14(11-13-15)23-16-6-2-4-8-18(16)24(20)19-9-5-3-7-17(19)23/h2-13H,1H3/q+1. The molecule has 0 fully saturated rings. The minimum atomic E-state index is -3.23. The highest BCUT2D eigenvalue weighted by molar-refractivity contribution is 7.99. The molecular formula is C19H15O3S3+. The van der Waals surface area contributed by atoms with Gasteiger partial charge in [0.1, 0.15) is 10.9 Å². The third kappa shape index (κ3) is 2.84. The van der Waals surface area contributed by atoms with Crippen LogP contribution < -0.4 is 0 Å². The van der Waals surface area contributed by atoms with Crippen molar-refractivity contribution in [2.24, 2.45) is 0 Å². The Morgan fingerprint density at radius 3 is 1.72 bits per heavy atom. The number of rotatable bonds is 2. The van der Waals surface area contributed by atoms with Crippen LogP contribution in [0.25, 0.3) is 0 Å². The van der Waals surface area contributed by atoms with Gasteiger partial charge in [0.25, 0.3) is 0 Å². The lowest BCUT2D eigenvalue weighted by Gasteiger charge is -2.18. The predicted molar refractivity (Wildman–Crippen MR) is 99.3 cm³/mol. The molecule has 3 aromatic rings. The Morgan fingerprint density at radius 1 is 0.760 bits per heavy atom. The summed E-state index contributed by atoms with van der Waals surface area (Å²) in [6.45, 7) is 0. The summed E-state index contributed by atoms with van der Waals surface area (Å²) in [5.41, 5.74) is 0. The van der Waals surface area contributed by atoms with E-state index >= 15 is 0 Å². The molecule has 0 spiro atoms. The van der Waals surface area contributed by atoms with Gasteiger partial charge >= 0.3 is 0 Å². The smallest absolute Gasteiger partial charge is 0.183 e. The van der Waals surface area contributed by atoms with Crippen molar-refractivity contribution in [2.45, 2.75) is 29.4 Å². The van der Waals surface area contributed by atoms with Crippen molar-refractivity contribution in [1.82, 2.24) is 0 Å². The SMILES string of the molecule is CS(=O)(=O)c1ccc([S+]2c3ccccc3S(=O)c3ccccc32)cc1. The van der Waals surface area contributed by atoms with Crippen LogP contribution in [0.15, 0.2) is 102 Å². The Morgan fingerprint density at radius 2 is 1.24 bits per heavy atom. The van der Waals surface area contributed by atoms with Gasteiger partial charge < -0.3 is 0 Å². The zero-order valence-corrected chi connectivity index (χ0v) is 15.8. The van der Waals surface area contributed by atoms with E-state index in [9.17, 15) is 12.6 Å². The van der Waals surface area contributed by atoms with Gasteiger partial charge in [-0.05, 0) is 48.5 Å². The molecule has 25 heavy (non-hydrogen) atoms. The largest absolute Gasteiger partial charge is 0.249 e. The van der Waals surface area contributed by atoms with Crippen LogP contribution in [-0.2, 0) is 31.5 Å². The van der Waals surface area contributed by atoms with Crippen LogP contribution >= 0.6 is 0 Å². The van der Waals surface area contributed by atoms with Gasteiger partial charge in [0.05, 0.1) is 25.5 Å². The van der Waals surface area contributed by atoms with Crippen LogP contribution in [0.3, 0.4) is 0 Å². The molecule has 6 heteroatoms. The van der Waals surface area contributed by atoms with E-state index in [2.05, 4.69) is 0 Å². The highest BCUT2D eigenvalue weighted by atomic mass is 32.2. The highest BCUT2D eigenvalue weighted by Gasteiger charge is 2.40. The van der Waals surface area contributed by atoms with Crippen molar-refractivity contribution >= 4 is 31.5 Å². The second kappa shape index (κ2) is 6.12. The van der Waals surface area contributed by atoms with Crippen molar-refractivity contribution in [1.29, 1.82) is 0 Å². The third-order valence-electron chi connectivity index (χ3n) is 4.03. The molecular weight excluding hydrogens is 372 g/mol. The zero-order valence-electron chi connectivity index (χ0n) is 13.4. The van der Waals surface area contributed by atoms with Gasteiger partial charge in [0.15, 0.2) is 24.5 Å². The van der Waals surface area contributed by atoms with Crippen molar-refractivity contribution < 1.29 is 12.6 Å². The number of benzene rings is 3. The second-order valence-corrected chi connectivity index (χ2v) is 11.1. The fraction of sp³-hybridized carbons (Fsp3) is 0.0526. The first-order valence-corrected chi connectivity index (χ1v) is 11.9. The van der Waals surface area contributed by atoms with Crippen molar-refractivity contribution in [3.8, 4) is 0 Å². The lowest BCUT2D eigenvalue weighted by molar-refractivity contribution is 0.602. The number of sulfone groups is 1. The highest BCUT2D eigenvalue weighted by Crippen LogP contribution is 2.42. The molecule has 0 N–H and O–H groups in total. The van der Waals surface area contributed by atoms with E-state index in [1.54, 1.807) is 12.1 Å². The summed E-state index contributed by atoms with van der Waals surface area (Å²) in [4.78, 5) is 5.05. The topological polar surface area (TPSA) is 51.2 Å². The van der Waals surface area contributed by atoms with Crippen molar-refractivity contribution in [2.75, 3.05) is 6.26 Å². The molecule has 0 amide bonds. The van der Waals surface area contributed by atoms with E-state index < -0.39 is 31.5 Å². The molecule has 0 aromatic heterocycles. The Hall–Kier alpha value is -1.89. The van der Waals surface area contributed by atoms with Gasteiger partial charge in [-0.25, -0.2) is 12.6 Å². The molecule has 0 aliphatic carbocycles. The molecule has 4 rings (SSSR count). The summed E-state index contributed by atoms with van der Waals surface area (Å²) in [6, 6.07) is 22.6. The molecule has 3 aromatic carbocycles. The van der Waals surface area contributed by atoms with E-state index in [1.165, 1.54) is 6.26 Å². The van der Waals surface area contributed by atoms with Crippen LogP contribution in [0.2, 0.25) is 0 Å². The van der Waals surface area contributed by atoms with E-state index in [0.717, 1.165) is 24.5 Å². The monoisotopic (exact) mass is 387 g/mol. The molecule has 0 unspecified atom stereocenters. The summed E-state index contributed by atoms with van der Waals surface area (Å²) < 4.78 is 36.4. The van der Waals surface area contributed by atoms with E-state index in [4.69, 9.17) is 0 Å². The van der Waals surface area contributed by atoms with Gasteiger partial charge in [-0.3, -0.25) is 0 Å². The van der Waals surface area contributed by atoms with Gasteiger partial charge in [0.2, 0.25) is 0 Å². The Bertz CT molecular complexity index is 1040. The Kier molecular flexibility index (Phi) is 4.06. The summed E-state index contributed by atoms with van der Waals surface area (Å²) in [5.74, 6) is 0.